The number of rotatable bonds is 3. The first kappa shape index (κ1) is 18.9. The molecule has 0 bridgehead atoms. The maximum absolute atomic E-state index is 12.8. The molecule has 132 valence electrons. The monoisotopic (exact) mass is 363 g/mol. The SMILES string of the molecule is Cl.N[C@@H]1c2ccccc2C[C@H]1NC(=O)C(=O)NCc1ccc(F)cc1. The molecular weight excluding hydrogens is 345 g/mol. The number of hydrogen-bond acceptors (Lipinski definition) is 3. The van der Waals surface area contributed by atoms with E-state index >= 15 is 0 Å². The van der Waals surface area contributed by atoms with Gasteiger partial charge >= 0.3 is 11.8 Å². The van der Waals surface area contributed by atoms with Crippen molar-refractivity contribution in [3.8, 4) is 0 Å². The van der Waals surface area contributed by atoms with Crippen LogP contribution in [0.2, 0.25) is 0 Å². The maximum Gasteiger partial charge on any atom is 0.309 e. The Balaban J connectivity index is 0.00000225. The van der Waals surface area contributed by atoms with E-state index in [2.05, 4.69) is 10.6 Å². The molecule has 5 nitrogen and oxygen atoms in total. The fraction of sp³-hybridized carbons (Fsp3) is 0.222. The van der Waals surface area contributed by atoms with E-state index in [1.54, 1.807) is 12.1 Å². The van der Waals surface area contributed by atoms with Gasteiger partial charge in [-0.05, 0) is 35.2 Å². The molecule has 25 heavy (non-hydrogen) atoms. The molecule has 0 aromatic heterocycles. The van der Waals surface area contributed by atoms with Gasteiger partial charge in [-0.3, -0.25) is 9.59 Å². The van der Waals surface area contributed by atoms with E-state index in [1.807, 2.05) is 24.3 Å². The number of amides is 2. The predicted octanol–water partition coefficient (Wildman–Crippen LogP) is 1.60. The number of halogens is 2. The number of fused-ring (bicyclic) bond motifs is 1. The summed E-state index contributed by atoms with van der Waals surface area (Å²) in [5.41, 5.74) is 8.93. The third-order valence-corrected chi connectivity index (χ3v) is 4.18. The van der Waals surface area contributed by atoms with E-state index in [1.165, 1.54) is 12.1 Å². The topological polar surface area (TPSA) is 84.2 Å². The number of nitrogens with two attached hydrogens (primary N) is 1. The lowest BCUT2D eigenvalue weighted by Crippen LogP contribution is -2.47. The standard InChI is InChI=1S/C18H18FN3O2.ClH/c19-13-7-5-11(6-8-13)10-21-17(23)18(24)22-15-9-12-3-1-2-4-14(12)16(15)20;/h1-8,15-16H,9-10,20H2,(H,21,23)(H,22,24);1H/t15-,16-;/m1./s1. The van der Waals surface area contributed by atoms with Gasteiger partial charge in [0.05, 0.1) is 12.1 Å². The van der Waals surface area contributed by atoms with Crippen LogP contribution in [-0.2, 0) is 22.6 Å². The van der Waals surface area contributed by atoms with Crippen molar-refractivity contribution in [2.75, 3.05) is 0 Å². The molecule has 0 saturated heterocycles. The zero-order valence-electron chi connectivity index (χ0n) is 13.4. The van der Waals surface area contributed by atoms with Crippen molar-refractivity contribution in [2.24, 2.45) is 5.73 Å². The van der Waals surface area contributed by atoms with Gasteiger partial charge in [0.1, 0.15) is 5.82 Å². The normalized spacial score (nSPS) is 18.0. The number of nitrogens with one attached hydrogen (secondary N) is 2. The Hall–Kier alpha value is -2.44. The molecule has 2 atom stereocenters. The third-order valence-electron chi connectivity index (χ3n) is 4.18. The molecule has 0 heterocycles. The van der Waals surface area contributed by atoms with Crippen molar-refractivity contribution in [2.45, 2.75) is 25.0 Å². The van der Waals surface area contributed by atoms with Crippen LogP contribution in [0.1, 0.15) is 22.7 Å². The smallest absolute Gasteiger partial charge is 0.309 e. The van der Waals surface area contributed by atoms with Gasteiger partial charge in [-0.1, -0.05) is 36.4 Å². The number of benzene rings is 2. The van der Waals surface area contributed by atoms with Gasteiger partial charge in [-0.2, -0.15) is 0 Å². The molecule has 1 aliphatic carbocycles. The summed E-state index contributed by atoms with van der Waals surface area (Å²) in [6.45, 7) is 0.156. The van der Waals surface area contributed by atoms with Crippen LogP contribution in [0.15, 0.2) is 48.5 Å². The number of hydrogen-bond donors (Lipinski definition) is 3. The Labute approximate surface area is 151 Å². The highest BCUT2D eigenvalue weighted by atomic mass is 35.5. The summed E-state index contributed by atoms with van der Waals surface area (Å²) >= 11 is 0. The molecule has 0 radical (unpaired) electrons. The molecule has 0 spiro atoms. The quantitative estimate of drug-likeness (QED) is 0.724. The molecule has 0 unspecified atom stereocenters. The Morgan fingerprint density at radius 2 is 1.76 bits per heavy atom. The van der Waals surface area contributed by atoms with Gasteiger partial charge in [0.2, 0.25) is 0 Å². The Morgan fingerprint density at radius 3 is 2.44 bits per heavy atom. The van der Waals surface area contributed by atoms with Crippen molar-refractivity contribution in [3.63, 3.8) is 0 Å². The van der Waals surface area contributed by atoms with E-state index < -0.39 is 11.8 Å². The van der Waals surface area contributed by atoms with Crippen LogP contribution < -0.4 is 16.4 Å². The van der Waals surface area contributed by atoms with E-state index in [4.69, 9.17) is 5.73 Å². The second-order valence-corrected chi connectivity index (χ2v) is 5.82. The van der Waals surface area contributed by atoms with Crippen LogP contribution in [0.4, 0.5) is 4.39 Å². The second-order valence-electron chi connectivity index (χ2n) is 5.82. The molecule has 3 rings (SSSR count). The van der Waals surface area contributed by atoms with Crippen molar-refractivity contribution >= 4 is 24.2 Å². The molecule has 0 aliphatic heterocycles. The maximum atomic E-state index is 12.8. The third kappa shape index (κ3) is 4.35. The minimum Gasteiger partial charge on any atom is -0.344 e. The van der Waals surface area contributed by atoms with Crippen molar-refractivity contribution in [1.82, 2.24) is 10.6 Å². The highest BCUT2D eigenvalue weighted by Crippen LogP contribution is 2.29. The lowest BCUT2D eigenvalue weighted by atomic mass is 10.1. The van der Waals surface area contributed by atoms with Gasteiger partial charge in [0.25, 0.3) is 0 Å². The summed E-state index contributed by atoms with van der Waals surface area (Å²) in [5.74, 6) is -1.80. The molecule has 4 N–H and O–H groups in total. The minimum absolute atomic E-state index is 0. The fourth-order valence-electron chi connectivity index (χ4n) is 2.87. The van der Waals surface area contributed by atoms with Crippen LogP contribution in [0.3, 0.4) is 0 Å². The average Bonchev–Trinajstić information content (AvgIpc) is 2.90. The number of carbonyl (C=O) groups excluding carboxylic acids is 2. The van der Waals surface area contributed by atoms with Crippen molar-refractivity contribution in [1.29, 1.82) is 0 Å². The lowest BCUT2D eigenvalue weighted by Gasteiger charge is -2.17. The lowest BCUT2D eigenvalue weighted by molar-refractivity contribution is -0.139. The van der Waals surface area contributed by atoms with Crippen molar-refractivity contribution < 1.29 is 14.0 Å². The van der Waals surface area contributed by atoms with Crippen LogP contribution in [-0.4, -0.2) is 17.9 Å². The Morgan fingerprint density at radius 1 is 1.08 bits per heavy atom. The van der Waals surface area contributed by atoms with Crippen LogP contribution in [0.25, 0.3) is 0 Å². The predicted molar refractivity (Wildman–Crippen MR) is 94.5 cm³/mol. The van der Waals surface area contributed by atoms with Gasteiger partial charge in [-0.15, -0.1) is 12.4 Å². The molecule has 0 saturated carbocycles. The second kappa shape index (κ2) is 8.09. The Kier molecular flexibility index (Phi) is 6.12. The van der Waals surface area contributed by atoms with E-state index in [9.17, 15) is 14.0 Å². The molecular formula is C18H19ClFN3O2. The van der Waals surface area contributed by atoms with Crippen molar-refractivity contribution in [3.05, 3.63) is 71.0 Å². The van der Waals surface area contributed by atoms with Gasteiger partial charge in [0, 0.05) is 6.54 Å². The summed E-state index contributed by atoms with van der Waals surface area (Å²) < 4.78 is 12.8. The van der Waals surface area contributed by atoms with Gasteiger partial charge in [0.15, 0.2) is 0 Å². The van der Waals surface area contributed by atoms with E-state index in [0.29, 0.717) is 12.0 Å². The zero-order chi connectivity index (χ0) is 17.1. The van der Waals surface area contributed by atoms with Crippen LogP contribution in [0.5, 0.6) is 0 Å². The minimum atomic E-state index is -0.734. The van der Waals surface area contributed by atoms with Gasteiger partial charge in [-0.25, -0.2) is 4.39 Å². The molecule has 2 aromatic rings. The first-order valence-electron chi connectivity index (χ1n) is 7.71. The zero-order valence-corrected chi connectivity index (χ0v) is 14.2. The van der Waals surface area contributed by atoms with Crippen LogP contribution in [0, 0.1) is 5.82 Å². The van der Waals surface area contributed by atoms with Gasteiger partial charge < -0.3 is 16.4 Å². The summed E-state index contributed by atoms with van der Waals surface area (Å²) in [7, 11) is 0. The summed E-state index contributed by atoms with van der Waals surface area (Å²) in [5, 5.41) is 5.20. The average molecular weight is 364 g/mol. The summed E-state index contributed by atoms with van der Waals surface area (Å²) in [6.07, 6.45) is 0.605. The Bertz CT molecular complexity index is 767. The molecule has 0 fully saturated rings. The first-order chi connectivity index (χ1) is 11.5. The largest absolute Gasteiger partial charge is 0.344 e. The van der Waals surface area contributed by atoms with E-state index in [0.717, 1.165) is 11.1 Å². The molecule has 2 aromatic carbocycles. The fourth-order valence-corrected chi connectivity index (χ4v) is 2.87. The highest BCUT2D eigenvalue weighted by molar-refractivity contribution is 6.35. The van der Waals surface area contributed by atoms with Crippen LogP contribution >= 0.6 is 12.4 Å². The highest BCUT2D eigenvalue weighted by Gasteiger charge is 2.31. The van der Waals surface area contributed by atoms with E-state index in [-0.39, 0.29) is 36.9 Å². The first-order valence-corrected chi connectivity index (χ1v) is 7.71. The summed E-state index contributed by atoms with van der Waals surface area (Å²) in [4.78, 5) is 23.9. The molecule has 2 amide bonds. The molecule has 7 heteroatoms. The number of carbonyl (C=O) groups is 2. The summed E-state index contributed by atoms with van der Waals surface area (Å²) in [6, 6.07) is 12.8. The molecule has 1 aliphatic rings.